The summed E-state index contributed by atoms with van der Waals surface area (Å²) in [6, 6.07) is 9.70. The number of ether oxygens (including phenoxy) is 2. The van der Waals surface area contributed by atoms with Crippen LogP contribution in [0.2, 0.25) is 0 Å². The maximum absolute atomic E-state index is 12.7. The molecule has 5 nitrogen and oxygen atoms in total. The molecule has 6 heteroatoms. The average Bonchev–Trinajstić information content (AvgIpc) is 3.06. The van der Waals surface area contributed by atoms with Crippen molar-refractivity contribution in [1.82, 2.24) is 4.98 Å². The second kappa shape index (κ2) is 8.07. The molecule has 1 aromatic heterocycles. The van der Waals surface area contributed by atoms with Crippen LogP contribution in [0.15, 0.2) is 53.9 Å². The molecule has 1 aliphatic rings. The third kappa shape index (κ3) is 4.14. The Kier molecular flexibility index (Phi) is 5.60. The van der Waals surface area contributed by atoms with E-state index in [0.29, 0.717) is 23.8 Å². The quantitative estimate of drug-likeness (QED) is 0.744. The van der Waals surface area contributed by atoms with Crippen LogP contribution in [-0.4, -0.2) is 28.0 Å². The third-order valence-electron chi connectivity index (χ3n) is 3.94. The fraction of sp³-hybridized carbons (Fsp3) is 0.263. The van der Waals surface area contributed by atoms with E-state index in [1.165, 1.54) is 0 Å². The van der Waals surface area contributed by atoms with Crippen LogP contribution < -0.4 is 4.74 Å². The average molecular weight is 356 g/mol. The second-order valence-corrected chi connectivity index (χ2v) is 7.05. The molecule has 25 heavy (non-hydrogen) atoms. The first-order valence-corrected chi connectivity index (χ1v) is 9.30. The van der Waals surface area contributed by atoms with E-state index in [2.05, 4.69) is 9.98 Å². The maximum atomic E-state index is 12.7. The first kappa shape index (κ1) is 17.4. The molecule has 2 aromatic rings. The van der Waals surface area contributed by atoms with E-state index >= 15 is 0 Å². The van der Waals surface area contributed by atoms with Crippen molar-refractivity contribution in [2.75, 3.05) is 13.7 Å². The van der Waals surface area contributed by atoms with E-state index < -0.39 is 10.8 Å². The first-order chi connectivity index (χ1) is 12.2. The highest BCUT2D eigenvalue weighted by atomic mass is 32.2. The lowest BCUT2D eigenvalue weighted by Crippen LogP contribution is -2.12. The van der Waals surface area contributed by atoms with Crippen LogP contribution in [0.5, 0.6) is 5.75 Å². The molecule has 0 saturated heterocycles. The van der Waals surface area contributed by atoms with Crippen LogP contribution in [-0.2, 0) is 27.7 Å². The number of methoxy groups -OCH3 is 1. The zero-order valence-electron chi connectivity index (χ0n) is 14.3. The van der Waals surface area contributed by atoms with E-state index in [0.717, 1.165) is 28.3 Å². The molecule has 0 aliphatic carbocycles. The van der Waals surface area contributed by atoms with Gasteiger partial charge in [0.05, 0.1) is 41.3 Å². The Morgan fingerprint density at radius 2 is 2.12 bits per heavy atom. The zero-order valence-corrected chi connectivity index (χ0v) is 15.1. The van der Waals surface area contributed by atoms with Crippen molar-refractivity contribution >= 4 is 21.5 Å². The Morgan fingerprint density at radius 1 is 1.28 bits per heavy atom. The normalized spacial score (nSPS) is 14.2. The van der Waals surface area contributed by atoms with Gasteiger partial charge in [-0.3, -0.25) is 9.19 Å². The molecular formula is C19H20N2O3S. The summed E-state index contributed by atoms with van der Waals surface area (Å²) < 4.78 is 23.3. The van der Waals surface area contributed by atoms with Gasteiger partial charge >= 0.3 is 0 Å². The fourth-order valence-electron chi connectivity index (χ4n) is 2.58. The van der Waals surface area contributed by atoms with Gasteiger partial charge in [-0.2, -0.15) is 0 Å². The number of rotatable bonds is 6. The summed E-state index contributed by atoms with van der Waals surface area (Å²) >= 11 is 0. The van der Waals surface area contributed by atoms with Gasteiger partial charge in [0.25, 0.3) is 0 Å². The second-order valence-electron chi connectivity index (χ2n) is 5.60. The first-order valence-electron chi connectivity index (χ1n) is 7.98. The fourth-order valence-corrected chi connectivity index (χ4v) is 3.80. The van der Waals surface area contributed by atoms with Crippen molar-refractivity contribution in [3.63, 3.8) is 0 Å². The summed E-state index contributed by atoms with van der Waals surface area (Å²) in [5, 5.41) is 0.705. The third-order valence-corrected chi connectivity index (χ3v) is 5.23. The van der Waals surface area contributed by atoms with Gasteiger partial charge in [-0.25, -0.2) is 4.99 Å². The van der Waals surface area contributed by atoms with Crippen molar-refractivity contribution in [1.29, 1.82) is 0 Å². The monoisotopic (exact) mass is 356 g/mol. The minimum absolute atomic E-state index is 0.337. The molecule has 0 amide bonds. The maximum Gasteiger partial charge on any atom is 0.126 e. The highest BCUT2D eigenvalue weighted by Crippen LogP contribution is 2.28. The predicted octanol–water partition coefficient (Wildman–Crippen LogP) is 3.46. The molecule has 1 atom stereocenters. The smallest absolute Gasteiger partial charge is 0.126 e. The molecular weight excluding hydrogens is 336 g/mol. The van der Waals surface area contributed by atoms with E-state index in [1.54, 1.807) is 25.6 Å². The number of hydrogen-bond acceptors (Lipinski definition) is 5. The molecule has 130 valence electrons. The van der Waals surface area contributed by atoms with Gasteiger partial charge in [-0.1, -0.05) is 18.2 Å². The van der Waals surface area contributed by atoms with Gasteiger partial charge in [0.15, 0.2) is 0 Å². The summed E-state index contributed by atoms with van der Waals surface area (Å²) in [5.74, 6) is 1.07. The van der Waals surface area contributed by atoms with E-state index in [4.69, 9.17) is 9.47 Å². The Labute approximate surface area is 149 Å². The minimum atomic E-state index is -1.20. The van der Waals surface area contributed by atoms with Crippen LogP contribution >= 0.6 is 0 Å². The number of aromatic nitrogens is 1. The molecule has 0 fully saturated rings. The zero-order chi connectivity index (χ0) is 17.6. The molecule has 3 rings (SSSR count). The summed E-state index contributed by atoms with van der Waals surface area (Å²) in [6.45, 7) is 2.34. The van der Waals surface area contributed by atoms with Crippen LogP contribution in [0.25, 0.3) is 0 Å². The molecule has 0 spiro atoms. The lowest BCUT2D eigenvalue weighted by atomic mass is 10.2. The van der Waals surface area contributed by atoms with Crippen molar-refractivity contribution in [3.05, 3.63) is 65.7 Å². The van der Waals surface area contributed by atoms with Crippen molar-refractivity contribution in [2.24, 2.45) is 4.99 Å². The van der Waals surface area contributed by atoms with Gasteiger partial charge < -0.3 is 9.47 Å². The number of pyridine rings is 1. The van der Waals surface area contributed by atoms with Gasteiger partial charge in [-0.05, 0) is 30.7 Å². The molecule has 2 heterocycles. The summed E-state index contributed by atoms with van der Waals surface area (Å²) in [6.07, 6.45) is 5.67. The Hall–Kier alpha value is -2.47. The number of para-hydroxylation sites is 1. The number of aliphatic imine (C=N–C) groups is 1. The van der Waals surface area contributed by atoms with Crippen LogP contribution in [0, 0.1) is 6.92 Å². The van der Waals surface area contributed by atoms with Crippen LogP contribution in [0.3, 0.4) is 0 Å². The lowest BCUT2D eigenvalue weighted by Gasteiger charge is -2.10. The van der Waals surface area contributed by atoms with Crippen molar-refractivity contribution in [3.8, 4) is 5.75 Å². The predicted molar refractivity (Wildman–Crippen MR) is 99.7 cm³/mol. The Bertz CT molecular complexity index is 846. The lowest BCUT2D eigenvalue weighted by molar-refractivity contribution is 0.321. The molecule has 0 N–H and O–H groups in total. The summed E-state index contributed by atoms with van der Waals surface area (Å²) in [7, 11) is 0.387. The standard InChI is InChI=1S/C19H20N2O3S/c1-14-17(20-9-8-18(14)24-11-5-10-23-2)13-25(22)19-12-15-6-3-4-7-16(15)21-19/h3-10H,11-13H2,1-2H3/b10-5-. The Balaban J connectivity index is 1.69. The van der Waals surface area contributed by atoms with E-state index in [-0.39, 0.29) is 0 Å². The molecule has 1 unspecified atom stereocenters. The number of nitrogens with zero attached hydrogens (tertiary/aromatic N) is 2. The number of hydrogen-bond donors (Lipinski definition) is 0. The molecule has 1 aliphatic heterocycles. The SMILES string of the molecule is CO/C=C\COc1ccnc(CS(=O)C2=Nc3ccccc3C2)c1C. The minimum Gasteiger partial charge on any atom is -0.505 e. The van der Waals surface area contributed by atoms with Crippen molar-refractivity contribution < 1.29 is 13.7 Å². The van der Waals surface area contributed by atoms with Gasteiger partial charge in [-0.15, -0.1) is 0 Å². The van der Waals surface area contributed by atoms with Gasteiger partial charge in [0.2, 0.25) is 0 Å². The highest BCUT2D eigenvalue weighted by Gasteiger charge is 2.20. The van der Waals surface area contributed by atoms with E-state index in [9.17, 15) is 4.21 Å². The van der Waals surface area contributed by atoms with Crippen LogP contribution in [0.4, 0.5) is 5.69 Å². The molecule has 0 saturated carbocycles. The number of benzene rings is 1. The van der Waals surface area contributed by atoms with Gasteiger partial charge in [0, 0.05) is 18.2 Å². The number of fused-ring (bicyclic) bond motifs is 1. The highest BCUT2D eigenvalue weighted by molar-refractivity contribution is 8.00. The topological polar surface area (TPSA) is 60.8 Å². The summed E-state index contributed by atoms with van der Waals surface area (Å²) in [5.41, 5.74) is 3.71. The summed E-state index contributed by atoms with van der Waals surface area (Å²) in [4.78, 5) is 8.88. The molecule has 0 radical (unpaired) electrons. The van der Waals surface area contributed by atoms with E-state index in [1.807, 2.05) is 37.3 Å². The van der Waals surface area contributed by atoms with Crippen LogP contribution in [0.1, 0.15) is 16.8 Å². The van der Waals surface area contributed by atoms with Crippen molar-refractivity contribution in [2.45, 2.75) is 19.1 Å². The molecule has 0 bridgehead atoms. The largest absolute Gasteiger partial charge is 0.505 e. The Morgan fingerprint density at radius 3 is 2.92 bits per heavy atom. The van der Waals surface area contributed by atoms with Gasteiger partial charge in [0.1, 0.15) is 17.4 Å². The molecule has 1 aromatic carbocycles.